The van der Waals surface area contributed by atoms with E-state index in [0.717, 1.165) is 6.42 Å². The van der Waals surface area contributed by atoms with Gasteiger partial charge >= 0.3 is 6.18 Å². The summed E-state index contributed by atoms with van der Waals surface area (Å²) in [4.78, 5) is 15.6. The van der Waals surface area contributed by atoms with E-state index in [9.17, 15) is 18.0 Å². The van der Waals surface area contributed by atoms with Crippen LogP contribution in [0.5, 0.6) is 0 Å². The summed E-state index contributed by atoms with van der Waals surface area (Å²) in [5, 5.41) is 2.99. The van der Waals surface area contributed by atoms with Crippen LogP contribution in [0.15, 0.2) is 0 Å². The van der Waals surface area contributed by atoms with Crippen LogP contribution in [0.2, 0.25) is 0 Å². The van der Waals surface area contributed by atoms with Gasteiger partial charge in [0.25, 0.3) is 0 Å². The van der Waals surface area contributed by atoms with Crippen LogP contribution >= 0.6 is 0 Å². The Morgan fingerprint density at radius 2 is 1.55 bits per heavy atom. The van der Waals surface area contributed by atoms with E-state index in [2.05, 4.69) is 5.32 Å². The molecule has 0 unspecified atom stereocenters. The van der Waals surface area contributed by atoms with Gasteiger partial charge in [-0.15, -0.1) is 0 Å². The number of carbonyl (C=O) groups is 1. The SMILES string of the molecule is CCC(C)(C)NC(=O)[C@@H](C)N1CCN([C@@H](C)C(F)(F)F)CC1. The van der Waals surface area contributed by atoms with Crippen LogP contribution in [0.4, 0.5) is 13.2 Å². The Morgan fingerprint density at radius 1 is 1.09 bits per heavy atom. The summed E-state index contributed by atoms with van der Waals surface area (Å²) in [5.74, 6) is -0.0656. The molecule has 0 aromatic heterocycles. The molecule has 22 heavy (non-hydrogen) atoms. The van der Waals surface area contributed by atoms with Crippen LogP contribution in [-0.4, -0.2) is 65.7 Å². The highest BCUT2D eigenvalue weighted by Gasteiger charge is 2.41. The maximum absolute atomic E-state index is 12.7. The predicted molar refractivity (Wildman–Crippen MR) is 80.6 cm³/mol. The van der Waals surface area contributed by atoms with E-state index in [1.165, 1.54) is 11.8 Å². The van der Waals surface area contributed by atoms with Crippen molar-refractivity contribution in [1.82, 2.24) is 15.1 Å². The van der Waals surface area contributed by atoms with Crippen molar-refractivity contribution in [2.24, 2.45) is 0 Å². The fraction of sp³-hybridized carbons (Fsp3) is 0.933. The molecular weight excluding hydrogens is 295 g/mol. The summed E-state index contributed by atoms with van der Waals surface area (Å²) in [6.07, 6.45) is -3.38. The van der Waals surface area contributed by atoms with Crippen LogP contribution in [0, 0.1) is 0 Å². The number of nitrogens with one attached hydrogen (secondary N) is 1. The highest BCUT2D eigenvalue weighted by Crippen LogP contribution is 2.25. The fourth-order valence-electron chi connectivity index (χ4n) is 2.41. The molecule has 1 aliphatic rings. The first-order chi connectivity index (χ1) is 9.98. The Morgan fingerprint density at radius 3 is 1.95 bits per heavy atom. The maximum atomic E-state index is 12.7. The normalized spacial score (nSPS) is 21.5. The second kappa shape index (κ2) is 7.17. The van der Waals surface area contributed by atoms with Gasteiger partial charge in [-0.05, 0) is 34.1 Å². The van der Waals surface area contributed by atoms with Crippen molar-refractivity contribution < 1.29 is 18.0 Å². The second-order valence-electron chi connectivity index (χ2n) is 6.69. The Bertz CT molecular complexity index is 377. The number of nitrogens with zero attached hydrogens (tertiary/aromatic N) is 2. The van der Waals surface area contributed by atoms with Crippen molar-refractivity contribution in [1.29, 1.82) is 0 Å². The minimum atomic E-state index is -4.20. The lowest BCUT2D eigenvalue weighted by Crippen LogP contribution is -2.59. The zero-order chi connectivity index (χ0) is 17.1. The molecule has 130 valence electrons. The van der Waals surface area contributed by atoms with Crippen molar-refractivity contribution in [3.05, 3.63) is 0 Å². The third-order valence-electron chi connectivity index (χ3n) is 4.64. The Hall–Kier alpha value is -0.820. The van der Waals surface area contributed by atoms with Gasteiger partial charge in [0.05, 0.1) is 6.04 Å². The monoisotopic (exact) mass is 323 g/mol. The average Bonchev–Trinajstić information content (AvgIpc) is 2.44. The third kappa shape index (κ3) is 5.12. The topological polar surface area (TPSA) is 35.6 Å². The summed E-state index contributed by atoms with van der Waals surface area (Å²) >= 11 is 0. The van der Waals surface area contributed by atoms with Gasteiger partial charge in [0.15, 0.2) is 0 Å². The summed E-state index contributed by atoms with van der Waals surface area (Å²) in [5.41, 5.74) is -0.266. The molecule has 1 rings (SSSR count). The molecular formula is C15H28F3N3O. The molecule has 1 N–H and O–H groups in total. The first-order valence-corrected chi connectivity index (χ1v) is 7.85. The Labute approximate surface area is 131 Å². The van der Waals surface area contributed by atoms with Gasteiger partial charge in [-0.2, -0.15) is 13.2 Å². The van der Waals surface area contributed by atoms with Crippen molar-refractivity contribution >= 4 is 5.91 Å². The van der Waals surface area contributed by atoms with E-state index in [4.69, 9.17) is 0 Å². The van der Waals surface area contributed by atoms with Gasteiger partial charge in [-0.1, -0.05) is 6.92 Å². The van der Waals surface area contributed by atoms with Crippen molar-refractivity contribution in [2.75, 3.05) is 26.2 Å². The van der Waals surface area contributed by atoms with Crippen LogP contribution in [0.3, 0.4) is 0 Å². The molecule has 0 aliphatic carbocycles. The van der Waals surface area contributed by atoms with Crippen molar-refractivity contribution in [3.8, 4) is 0 Å². The first kappa shape index (κ1) is 19.2. The molecule has 0 aromatic rings. The number of amides is 1. The summed E-state index contributed by atoms with van der Waals surface area (Å²) in [6, 6.07) is -1.76. The lowest BCUT2D eigenvalue weighted by atomic mass is 10.0. The summed E-state index contributed by atoms with van der Waals surface area (Å²) < 4.78 is 38.2. The van der Waals surface area contributed by atoms with E-state index in [1.54, 1.807) is 0 Å². The molecule has 0 saturated carbocycles. The van der Waals surface area contributed by atoms with Gasteiger partial charge in [-0.3, -0.25) is 14.6 Å². The molecule has 1 saturated heterocycles. The molecule has 0 radical (unpaired) electrons. The highest BCUT2D eigenvalue weighted by atomic mass is 19.4. The molecule has 1 amide bonds. The number of hydrogen-bond acceptors (Lipinski definition) is 3. The van der Waals surface area contributed by atoms with Gasteiger partial charge in [-0.25, -0.2) is 0 Å². The molecule has 0 spiro atoms. The first-order valence-electron chi connectivity index (χ1n) is 7.85. The summed E-state index contributed by atoms with van der Waals surface area (Å²) in [7, 11) is 0. The predicted octanol–water partition coefficient (Wildman–Crippen LogP) is 2.25. The number of alkyl halides is 3. The number of rotatable bonds is 5. The molecule has 1 fully saturated rings. The largest absolute Gasteiger partial charge is 0.403 e. The number of carbonyl (C=O) groups excluding carboxylic acids is 1. The molecule has 1 aliphatic heterocycles. The van der Waals surface area contributed by atoms with Crippen molar-refractivity contribution in [2.45, 2.75) is 64.8 Å². The number of halogens is 3. The second-order valence-corrected chi connectivity index (χ2v) is 6.69. The Balaban J connectivity index is 2.52. The van der Waals surface area contributed by atoms with E-state index in [-0.39, 0.29) is 17.5 Å². The quantitative estimate of drug-likeness (QED) is 0.843. The lowest BCUT2D eigenvalue weighted by Gasteiger charge is -2.41. The summed E-state index contributed by atoms with van der Waals surface area (Å²) in [6.45, 7) is 10.5. The van der Waals surface area contributed by atoms with E-state index in [1.807, 2.05) is 32.6 Å². The van der Waals surface area contributed by atoms with Crippen LogP contribution < -0.4 is 5.32 Å². The maximum Gasteiger partial charge on any atom is 0.403 e. The van der Waals surface area contributed by atoms with Crippen LogP contribution in [0.25, 0.3) is 0 Å². The smallest absolute Gasteiger partial charge is 0.350 e. The van der Waals surface area contributed by atoms with Crippen molar-refractivity contribution in [3.63, 3.8) is 0 Å². The van der Waals surface area contributed by atoms with E-state index < -0.39 is 12.2 Å². The van der Waals surface area contributed by atoms with Crippen LogP contribution in [0.1, 0.15) is 41.0 Å². The lowest BCUT2D eigenvalue weighted by molar-refractivity contribution is -0.183. The fourth-order valence-corrected chi connectivity index (χ4v) is 2.41. The van der Waals surface area contributed by atoms with Crippen LogP contribution in [-0.2, 0) is 4.79 Å². The third-order valence-corrected chi connectivity index (χ3v) is 4.64. The zero-order valence-corrected chi connectivity index (χ0v) is 14.1. The van der Waals surface area contributed by atoms with Gasteiger partial charge in [0.2, 0.25) is 5.91 Å². The minimum absolute atomic E-state index is 0.0656. The van der Waals surface area contributed by atoms with Gasteiger partial charge < -0.3 is 5.32 Å². The molecule has 0 bridgehead atoms. The van der Waals surface area contributed by atoms with Gasteiger partial charge in [0, 0.05) is 31.7 Å². The van der Waals surface area contributed by atoms with Gasteiger partial charge in [0.1, 0.15) is 6.04 Å². The van der Waals surface area contributed by atoms with E-state index >= 15 is 0 Å². The molecule has 2 atom stereocenters. The standard InChI is InChI=1S/C15H28F3N3O/c1-6-14(4,5)19-13(22)11(2)20-7-9-21(10-8-20)12(3)15(16,17)18/h11-12H,6-10H2,1-5H3,(H,19,22)/t11-,12+/m1/s1. The van der Waals surface area contributed by atoms with E-state index in [0.29, 0.717) is 26.2 Å². The zero-order valence-electron chi connectivity index (χ0n) is 14.1. The average molecular weight is 323 g/mol. The molecule has 1 heterocycles. The highest BCUT2D eigenvalue weighted by molar-refractivity contribution is 5.82. The molecule has 7 heteroatoms. The molecule has 0 aromatic carbocycles. The minimum Gasteiger partial charge on any atom is -0.350 e. The number of piperazine rings is 1. The number of hydrogen-bond donors (Lipinski definition) is 1. The Kier molecular flexibility index (Phi) is 6.27. The molecule has 4 nitrogen and oxygen atoms in total.